The molecule has 0 spiro atoms. The van der Waals surface area contributed by atoms with Gasteiger partial charge in [0.1, 0.15) is 0 Å². The summed E-state index contributed by atoms with van der Waals surface area (Å²) in [4.78, 5) is 15.9. The van der Waals surface area contributed by atoms with Crippen molar-refractivity contribution in [2.24, 2.45) is 5.92 Å². The van der Waals surface area contributed by atoms with E-state index in [4.69, 9.17) is 9.47 Å². The first-order valence-electron chi connectivity index (χ1n) is 6.24. The fraction of sp³-hybridized carbons (Fsp3) is 0.429. The molecule has 2 heterocycles. The van der Waals surface area contributed by atoms with E-state index in [1.54, 1.807) is 18.3 Å². The van der Waals surface area contributed by atoms with Crippen LogP contribution in [0.3, 0.4) is 0 Å². The lowest BCUT2D eigenvalue weighted by Gasteiger charge is -2.11. The first-order chi connectivity index (χ1) is 8.84. The smallest absolute Gasteiger partial charge is 0.186 e. The van der Waals surface area contributed by atoms with Crippen molar-refractivity contribution >= 4 is 11.9 Å². The molecular formula is C14H15NO3. The number of allylic oxidation sites excluding steroid dienone is 1. The van der Waals surface area contributed by atoms with Crippen molar-refractivity contribution in [3.8, 4) is 0 Å². The topological polar surface area (TPSA) is 48.4 Å². The summed E-state index contributed by atoms with van der Waals surface area (Å²) in [5.41, 5.74) is 1.63. The Labute approximate surface area is 106 Å². The number of hydrogen-bond acceptors (Lipinski definition) is 4. The van der Waals surface area contributed by atoms with Gasteiger partial charge in [0, 0.05) is 17.7 Å². The van der Waals surface area contributed by atoms with Crippen molar-refractivity contribution < 1.29 is 14.3 Å². The van der Waals surface area contributed by atoms with E-state index in [1.807, 2.05) is 12.1 Å². The Hall–Kier alpha value is -1.52. The lowest BCUT2D eigenvalue weighted by atomic mass is 10.1. The number of nitrogens with zero attached hydrogens (tertiary/aromatic N) is 1. The van der Waals surface area contributed by atoms with E-state index in [0.717, 1.165) is 24.1 Å². The maximum atomic E-state index is 11.6. The molecule has 94 valence electrons. The highest BCUT2D eigenvalue weighted by atomic mass is 16.7. The number of carbonyl (C=O) groups is 1. The highest BCUT2D eigenvalue weighted by molar-refractivity contribution is 5.96. The van der Waals surface area contributed by atoms with Gasteiger partial charge < -0.3 is 9.47 Å². The van der Waals surface area contributed by atoms with Crippen LogP contribution in [-0.2, 0) is 14.3 Å². The Balaban J connectivity index is 1.79. The minimum absolute atomic E-state index is 0.194. The van der Waals surface area contributed by atoms with E-state index in [-0.39, 0.29) is 18.0 Å². The summed E-state index contributed by atoms with van der Waals surface area (Å²) in [6.45, 7) is 1.20. The quantitative estimate of drug-likeness (QED) is 0.762. The molecule has 4 heteroatoms. The molecule has 2 fully saturated rings. The van der Waals surface area contributed by atoms with Gasteiger partial charge in [-0.2, -0.15) is 0 Å². The molecule has 1 aliphatic carbocycles. The van der Waals surface area contributed by atoms with Gasteiger partial charge in [-0.25, -0.2) is 0 Å². The fourth-order valence-electron chi connectivity index (χ4n) is 1.97. The second kappa shape index (κ2) is 5.00. The number of aromatic nitrogens is 1. The van der Waals surface area contributed by atoms with E-state index in [9.17, 15) is 4.79 Å². The van der Waals surface area contributed by atoms with E-state index < -0.39 is 0 Å². The maximum absolute atomic E-state index is 11.6. The van der Waals surface area contributed by atoms with Crippen LogP contribution in [0.4, 0.5) is 0 Å². The summed E-state index contributed by atoms with van der Waals surface area (Å²) < 4.78 is 10.9. The van der Waals surface area contributed by atoms with Crippen LogP contribution in [0, 0.1) is 5.92 Å². The van der Waals surface area contributed by atoms with Crippen LogP contribution >= 0.6 is 0 Å². The van der Waals surface area contributed by atoms with Gasteiger partial charge in [0.05, 0.1) is 18.9 Å². The predicted molar refractivity (Wildman–Crippen MR) is 65.6 cm³/mol. The van der Waals surface area contributed by atoms with E-state index >= 15 is 0 Å². The fourth-order valence-corrected chi connectivity index (χ4v) is 1.97. The highest BCUT2D eigenvalue weighted by Crippen LogP contribution is 2.31. The highest BCUT2D eigenvalue weighted by Gasteiger charge is 2.27. The lowest BCUT2D eigenvalue weighted by molar-refractivity contribution is -0.115. The number of pyridine rings is 1. The minimum Gasteiger partial charge on any atom is -0.346 e. The maximum Gasteiger partial charge on any atom is 0.186 e. The third-order valence-corrected chi connectivity index (χ3v) is 3.13. The van der Waals surface area contributed by atoms with E-state index in [2.05, 4.69) is 4.98 Å². The zero-order valence-corrected chi connectivity index (χ0v) is 10.0. The molecule has 0 aromatic carbocycles. The predicted octanol–water partition coefficient (Wildman–Crippen LogP) is 2.12. The number of ether oxygens (including phenoxy) is 2. The molecule has 0 bridgehead atoms. The summed E-state index contributed by atoms with van der Waals surface area (Å²) in [5.74, 6) is 0.437. The molecule has 0 amide bonds. The SMILES string of the molecule is O=C(/C=C/c1ncccc1C1OCCO1)C1CC1. The molecule has 1 aromatic rings. The monoisotopic (exact) mass is 245 g/mol. The third kappa shape index (κ3) is 2.49. The van der Waals surface area contributed by atoms with Gasteiger partial charge >= 0.3 is 0 Å². The van der Waals surface area contributed by atoms with Crippen molar-refractivity contribution in [3.63, 3.8) is 0 Å². The second-order valence-electron chi connectivity index (χ2n) is 4.56. The largest absolute Gasteiger partial charge is 0.346 e. The van der Waals surface area contributed by atoms with Crippen molar-refractivity contribution in [2.75, 3.05) is 13.2 Å². The van der Waals surface area contributed by atoms with Crippen LogP contribution in [0.2, 0.25) is 0 Å². The Bertz CT molecular complexity index is 474. The Morgan fingerprint density at radius 1 is 1.33 bits per heavy atom. The molecule has 0 radical (unpaired) electrons. The molecule has 0 atom stereocenters. The summed E-state index contributed by atoms with van der Waals surface area (Å²) in [6.07, 6.45) is 6.79. The molecule has 18 heavy (non-hydrogen) atoms. The van der Waals surface area contributed by atoms with E-state index in [0.29, 0.717) is 13.2 Å². The van der Waals surface area contributed by atoms with Gasteiger partial charge in [0.2, 0.25) is 0 Å². The Morgan fingerprint density at radius 2 is 2.11 bits per heavy atom. The molecule has 1 saturated heterocycles. The first kappa shape index (κ1) is 11.6. The summed E-state index contributed by atoms with van der Waals surface area (Å²) in [7, 11) is 0. The zero-order chi connectivity index (χ0) is 12.4. The number of ketones is 1. The van der Waals surface area contributed by atoms with Gasteiger partial charge in [0.25, 0.3) is 0 Å². The lowest BCUT2D eigenvalue weighted by Crippen LogP contribution is -2.02. The molecule has 0 N–H and O–H groups in total. The van der Waals surface area contributed by atoms with Crippen LogP contribution in [0.1, 0.15) is 30.4 Å². The average molecular weight is 245 g/mol. The van der Waals surface area contributed by atoms with E-state index in [1.165, 1.54) is 0 Å². The summed E-state index contributed by atoms with van der Waals surface area (Å²) in [5, 5.41) is 0. The van der Waals surface area contributed by atoms with Crippen molar-refractivity contribution in [1.82, 2.24) is 4.98 Å². The second-order valence-corrected chi connectivity index (χ2v) is 4.56. The zero-order valence-electron chi connectivity index (χ0n) is 10.0. The van der Waals surface area contributed by atoms with Crippen molar-refractivity contribution in [1.29, 1.82) is 0 Å². The molecule has 1 saturated carbocycles. The van der Waals surface area contributed by atoms with Crippen molar-refractivity contribution in [2.45, 2.75) is 19.1 Å². The van der Waals surface area contributed by atoms with Crippen LogP contribution < -0.4 is 0 Å². The molecule has 0 unspecified atom stereocenters. The van der Waals surface area contributed by atoms with Gasteiger partial charge in [0.15, 0.2) is 12.1 Å². The first-order valence-corrected chi connectivity index (χ1v) is 6.24. The van der Waals surface area contributed by atoms with Gasteiger partial charge in [-0.3, -0.25) is 9.78 Å². The van der Waals surface area contributed by atoms with Crippen molar-refractivity contribution in [3.05, 3.63) is 35.7 Å². The van der Waals surface area contributed by atoms with Gasteiger partial charge in [-0.05, 0) is 31.1 Å². The molecule has 3 rings (SSSR count). The van der Waals surface area contributed by atoms with Crippen LogP contribution in [0.5, 0.6) is 0 Å². The Kier molecular flexibility index (Phi) is 3.21. The summed E-state index contributed by atoms with van der Waals surface area (Å²) >= 11 is 0. The molecular weight excluding hydrogens is 230 g/mol. The Morgan fingerprint density at radius 3 is 2.83 bits per heavy atom. The molecule has 2 aliphatic rings. The number of carbonyl (C=O) groups excluding carboxylic acids is 1. The standard InChI is InChI=1S/C14H15NO3/c16-13(10-3-4-10)6-5-12-11(2-1-7-15-12)14-17-8-9-18-14/h1-2,5-7,10,14H,3-4,8-9H2/b6-5+. The van der Waals surface area contributed by atoms with Crippen LogP contribution in [0.25, 0.3) is 6.08 Å². The molecule has 4 nitrogen and oxygen atoms in total. The average Bonchev–Trinajstić information content (AvgIpc) is 3.12. The minimum atomic E-state index is -0.352. The normalized spacial score (nSPS) is 20.7. The van der Waals surface area contributed by atoms with Crippen LogP contribution in [0.15, 0.2) is 24.4 Å². The molecule has 1 aromatic heterocycles. The van der Waals surface area contributed by atoms with Crippen LogP contribution in [-0.4, -0.2) is 24.0 Å². The molecule has 1 aliphatic heterocycles. The third-order valence-electron chi connectivity index (χ3n) is 3.13. The number of rotatable bonds is 4. The van der Waals surface area contributed by atoms with Gasteiger partial charge in [-0.15, -0.1) is 0 Å². The number of hydrogen-bond donors (Lipinski definition) is 0. The van der Waals surface area contributed by atoms with Gasteiger partial charge in [-0.1, -0.05) is 6.07 Å². The summed E-state index contributed by atoms with van der Waals surface area (Å²) in [6, 6.07) is 3.77.